The summed E-state index contributed by atoms with van der Waals surface area (Å²) in [5, 5.41) is 9.02. The highest BCUT2D eigenvalue weighted by Gasteiger charge is 2.32. The molecule has 1 saturated heterocycles. The van der Waals surface area contributed by atoms with Crippen LogP contribution in [0.4, 0.5) is 0 Å². The number of imide groups is 1. The van der Waals surface area contributed by atoms with E-state index in [0.717, 1.165) is 0 Å². The topological polar surface area (TPSA) is 119 Å². The molecule has 1 aliphatic heterocycles. The van der Waals surface area contributed by atoms with Crippen molar-refractivity contribution in [2.45, 2.75) is 32.3 Å². The normalized spacial score (nSPS) is 16.1. The summed E-state index contributed by atoms with van der Waals surface area (Å²) in [6.45, 7) is 1.60. The molecule has 1 heterocycles. The molecule has 0 aromatic rings. The molecule has 0 saturated carbocycles. The first-order valence-electron chi connectivity index (χ1n) is 6.40. The zero-order valence-corrected chi connectivity index (χ0v) is 11.6. The lowest BCUT2D eigenvalue weighted by molar-refractivity contribution is -0.198. The van der Waals surface area contributed by atoms with Gasteiger partial charge in [0.15, 0.2) is 6.10 Å². The van der Waals surface area contributed by atoms with Crippen molar-refractivity contribution in [1.82, 2.24) is 5.06 Å². The van der Waals surface area contributed by atoms with Gasteiger partial charge < -0.3 is 19.4 Å². The third kappa shape index (κ3) is 5.88. The Morgan fingerprint density at radius 1 is 1.19 bits per heavy atom. The molecule has 0 bridgehead atoms. The third-order valence-electron chi connectivity index (χ3n) is 2.59. The van der Waals surface area contributed by atoms with E-state index in [1.54, 1.807) is 0 Å². The SMILES string of the molecule is CC(OCCOCCC(=O)ON1C(=O)CCC1=O)C(=O)O. The Labute approximate surface area is 120 Å². The minimum atomic E-state index is -1.07. The zero-order chi connectivity index (χ0) is 15.8. The van der Waals surface area contributed by atoms with E-state index < -0.39 is 29.9 Å². The van der Waals surface area contributed by atoms with Crippen molar-refractivity contribution in [1.29, 1.82) is 0 Å². The van der Waals surface area contributed by atoms with Crippen molar-refractivity contribution < 1.29 is 38.6 Å². The summed E-state index contributed by atoms with van der Waals surface area (Å²) < 4.78 is 9.95. The summed E-state index contributed by atoms with van der Waals surface area (Å²) in [5.74, 6) is -2.90. The van der Waals surface area contributed by atoms with Crippen LogP contribution in [0, 0.1) is 0 Å². The largest absolute Gasteiger partial charge is 0.479 e. The molecule has 0 spiro atoms. The number of hydrogen-bond acceptors (Lipinski definition) is 7. The molecule has 0 aliphatic carbocycles. The van der Waals surface area contributed by atoms with Gasteiger partial charge >= 0.3 is 11.9 Å². The van der Waals surface area contributed by atoms with Gasteiger partial charge in [-0.2, -0.15) is 0 Å². The minimum Gasteiger partial charge on any atom is -0.479 e. The lowest BCUT2D eigenvalue weighted by Gasteiger charge is -2.12. The Morgan fingerprint density at radius 2 is 1.81 bits per heavy atom. The Hall–Kier alpha value is -2.00. The lowest BCUT2D eigenvalue weighted by Crippen LogP contribution is -2.32. The standard InChI is InChI=1S/C12H17NO8/c1-8(12(17)18)20-7-6-19-5-4-11(16)21-13-9(14)2-3-10(13)15/h8H,2-7H2,1H3,(H,17,18). The number of carbonyl (C=O) groups excluding carboxylic acids is 3. The van der Waals surface area contributed by atoms with Crippen LogP contribution in [0.15, 0.2) is 0 Å². The summed E-state index contributed by atoms with van der Waals surface area (Å²) in [5.41, 5.74) is 0. The van der Waals surface area contributed by atoms with Gasteiger partial charge in [0.05, 0.1) is 26.2 Å². The molecule has 1 atom stereocenters. The Bertz CT molecular complexity index is 405. The quantitative estimate of drug-likeness (QED) is 0.447. The van der Waals surface area contributed by atoms with Gasteiger partial charge in [-0.3, -0.25) is 9.59 Å². The Morgan fingerprint density at radius 3 is 2.38 bits per heavy atom. The first kappa shape index (κ1) is 17.1. The van der Waals surface area contributed by atoms with Gasteiger partial charge in [0.1, 0.15) is 0 Å². The molecule has 1 aliphatic rings. The van der Waals surface area contributed by atoms with E-state index in [4.69, 9.17) is 14.6 Å². The van der Waals surface area contributed by atoms with E-state index in [-0.39, 0.29) is 39.1 Å². The lowest BCUT2D eigenvalue weighted by atomic mass is 10.4. The number of carboxylic acids is 1. The molecule has 0 aromatic heterocycles. The van der Waals surface area contributed by atoms with E-state index in [0.29, 0.717) is 5.06 Å². The maximum absolute atomic E-state index is 11.4. The van der Waals surface area contributed by atoms with Crippen LogP contribution in [0.3, 0.4) is 0 Å². The first-order valence-corrected chi connectivity index (χ1v) is 6.40. The number of carboxylic acid groups (broad SMARTS) is 1. The summed E-state index contributed by atoms with van der Waals surface area (Å²) in [4.78, 5) is 48.8. The molecule has 0 radical (unpaired) electrons. The number of ether oxygens (including phenoxy) is 2. The second kappa shape index (κ2) is 8.32. The van der Waals surface area contributed by atoms with E-state index in [1.165, 1.54) is 6.92 Å². The third-order valence-corrected chi connectivity index (χ3v) is 2.59. The number of amides is 2. The maximum Gasteiger partial charge on any atom is 0.335 e. The van der Waals surface area contributed by atoms with Crippen LogP contribution in [0.25, 0.3) is 0 Å². The average molecular weight is 303 g/mol. The van der Waals surface area contributed by atoms with E-state index >= 15 is 0 Å². The van der Waals surface area contributed by atoms with Gasteiger partial charge in [0.2, 0.25) is 0 Å². The predicted molar refractivity (Wildman–Crippen MR) is 65.7 cm³/mol. The number of hydroxylamine groups is 2. The summed E-state index contributed by atoms with van der Waals surface area (Å²) in [7, 11) is 0. The van der Waals surface area contributed by atoms with Gasteiger partial charge in [-0.05, 0) is 6.92 Å². The summed E-state index contributed by atoms with van der Waals surface area (Å²) >= 11 is 0. The van der Waals surface area contributed by atoms with Crippen LogP contribution < -0.4 is 0 Å². The fourth-order valence-electron chi connectivity index (χ4n) is 1.42. The smallest absolute Gasteiger partial charge is 0.335 e. The highest BCUT2D eigenvalue weighted by Crippen LogP contribution is 2.12. The number of aliphatic carboxylic acids is 1. The van der Waals surface area contributed by atoms with Gasteiger partial charge in [0, 0.05) is 12.8 Å². The summed E-state index contributed by atoms with van der Waals surface area (Å²) in [6, 6.07) is 0. The highest BCUT2D eigenvalue weighted by molar-refractivity contribution is 6.01. The zero-order valence-electron chi connectivity index (χ0n) is 11.6. The number of nitrogens with zero attached hydrogens (tertiary/aromatic N) is 1. The molecule has 21 heavy (non-hydrogen) atoms. The van der Waals surface area contributed by atoms with Gasteiger partial charge in [-0.1, -0.05) is 0 Å². The molecule has 2 amide bonds. The second-order valence-electron chi connectivity index (χ2n) is 4.26. The average Bonchev–Trinajstić information content (AvgIpc) is 2.74. The number of hydrogen-bond donors (Lipinski definition) is 1. The van der Waals surface area contributed by atoms with Crippen molar-refractivity contribution in [3.05, 3.63) is 0 Å². The van der Waals surface area contributed by atoms with Crippen molar-refractivity contribution >= 4 is 23.8 Å². The molecule has 118 valence electrons. The summed E-state index contributed by atoms with van der Waals surface area (Å²) in [6.07, 6.45) is -0.972. The highest BCUT2D eigenvalue weighted by atomic mass is 16.7. The fourth-order valence-corrected chi connectivity index (χ4v) is 1.42. The Balaban J connectivity index is 2.07. The number of carbonyl (C=O) groups is 4. The van der Waals surface area contributed by atoms with Crippen molar-refractivity contribution in [3.8, 4) is 0 Å². The predicted octanol–water partition coefficient (Wildman–Crippen LogP) is -0.510. The molecular formula is C12H17NO8. The van der Waals surface area contributed by atoms with Crippen LogP contribution in [0.2, 0.25) is 0 Å². The number of rotatable bonds is 9. The second-order valence-corrected chi connectivity index (χ2v) is 4.26. The Kier molecular flexibility index (Phi) is 6.76. The molecule has 1 fully saturated rings. The molecule has 9 heteroatoms. The van der Waals surface area contributed by atoms with Crippen LogP contribution in [0.5, 0.6) is 0 Å². The van der Waals surface area contributed by atoms with E-state index in [1.807, 2.05) is 0 Å². The van der Waals surface area contributed by atoms with Crippen LogP contribution in [-0.4, -0.2) is 59.8 Å². The van der Waals surface area contributed by atoms with Crippen molar-refractivity contribution in [3.63, 3.8) is 0 Å². The van der Waals surface area contributed by atoms with Crippen LogP contribution in [0.1, 0.15) is 26.2 Å². The fraction of sp³-hybridized carbons (Fsp3) is 0.667. The molecule has 1 N–H and O–H groups in total. The molecule has 1 rings (SSSR count). The van der Waals surface area contributed by atoms with Gasteiger partial charge in [-0.25, -0.2) is 9.59 Å². The maximum atomic E-state index is 11.4. The van der Waals surface area contributed by atoms with E-state index in [9.17, 15) is 19.2 Å². The molecule has 9 nitrogen and oxygen atoms in total. The van der Waals surface area contributed by atoms with Crippen molar-refractivity contribution in [2.24, 2.45) is 0 Å². The first-order chi connectivity index (χ1) is 9.91. The van der Waals surface area contributed by atoms with Crippen LogP contribution >= 0.6 is 0 Å². The molecule has 0 aromatic carbocycles. The molecule has 1 unspecified atom stereocenters. The van der Waals surface area contributed by atoms with E-state index in [2.05, 4.69) is 4.84 Å². The molecular weight excluding hydrogens is 286 g/mol. The van der Waals surface area contributed by atoms with Gasteiger partial charge in [0.25, 0.3) is 11.8 Å². The minimum absolute atomic E-state index is 0.0138. The van der Waals surface area contributed by atoms with Crippen molar-refractivity contribution in [2.75, 3.05) is 19.8 Å². The van der Waals surface area contributed by atoms with Gasteiger partial charge in [-0.15, -0.1) is 5.06 Å². The monoisotopic (exact) mass is 303 g/mol. The van der Waals surface area contributed by atoms with Crippen LogP contribution in [-0.2, 0) is 33.5 Å².